The Morgan fingerprint density at radius 1 is 0.909 bits per heavy atom. The van der Waals surface area contributed by atoms with E-state index in [2.05, 4.69) is 15.4 Å². The zero-order chi connectivity index (χ0) is 24.8. The number of hydrogen-bond acceptors (Lipinski definition) is 6. The van der Waals surface area contributed by atoms with Crippen molar-refractivity contribution in [2.24, 2.45) is 0 Å². The minimum Gasteiger partial charge on any atom is -0.493 e. The van der Waals surface area contributed by atoms with Crippen LogP contribution in [0.1, 0.15) is 53.1 Å². The van der Waals surface area contributed by atoms with Gasteiger partial charge >= 0.3 is 0 Å². The molecule has 0 saturated carbocycles. The molecule has 2 aromatic rings. The van der Waals surface area contributed by atoms with Gasteiger partial charge < -0.3 is 14.8 Å². The largest absolute Gasteiger partial charge is 0.493 e. The molecule has 0 aliphatic carbocycles. The van der Waals surface area contributed by atoms with E-state index in [4.69, 9.17) is 9.47 Å². The highest BCUT2D eigenvalue weighted by atomic mass is 32.2. The van der Waals surface area contributed by atoms with Crippen LogP contribution in [0.4, 0.5) is 5.69 Å². The predicted molar refractivity (Wildman–Crippen MR) is 130 cm³/mol. The molecule has 0 bridgehead atoms. The molecular formula is C24H35N3O5S. The van der Waals surface area contributed by atoms with Gasteiger partial charge in [-0.1, -0.05) is 6.07 Å². The molecule has 0 saturated heterocycles. The third-order valence-corrected chi connectivity index (χ3v) is 6.44. The Morgan fingerprint density at radius 3 is 2.09 bits per heavy atom. The Morgan fingerprint density at radius 2 is 1.55 bits per heavy atom. The van der Waals surface area contributed by atoms with Crippen LogP contribution < -0.4 is 24.8 Å². The van der Waals surface area contributed by atoms with E-state index in [1.807, 2.05) is 39.0 Å². The summed E-state index contributed by atoms with van der Waals surface area (Å²) in [6.07, 6.45) is 0.0321. The van der Waals surface area contributed by atoms with E-state index < -0.39 is 16.1 Å². The average Bonchev–Trinajstić information content (AvgIpc) is 2.73. The fourth-order valence-electron chi connectivity index (χ4n) is 3.20. The summed E-state index contributed by atoms with van der Waals surface area (Å²) in [6, 6.07) is 10.9. The van der Waals surface area contributed by atoms with E-state index in [9.17, 15) is 13.2 Å². The summed E-state index contributed by atoms with van der Waals surface area (Å²) in [7, 11) is -1.98. The van der Waals surface area contributed by atoms with Crippen molar-refractivity contribution in [3.63, 3.8) is 0 Å². The second-order valence-corrected chi connectivity index (χ2v) is 10.2. The lowest BCUT2D eigenvalue weighted by Gasteiger charge is -2.21. The summed E-state index contributed by atoms with van der Waals surface area (Å²) >= 11 is 0. The van der Waals surface area contributed by atoms with Crippen LogP contribution in [0.5, 0.6) is 11.5 Å². The van der Waals surface area contributed by atoms with Gasteiger partial charge in [0.05, 0.1) is 24.2 Å². The smallest absolute Gasteiger partial charge is 0.241 e. The van der Waals surface area contributed by atoms with Crippen LogP contribution >= 0.6 is 0 Å². The Bertz CT molecular complexity index is 1040. The van der Waals surface area contributed by atoms with Crippen molar-refractivity contribution in [1.82, 2.24) is 10.0 Å². The molecule has 1 amide bonds. The summed E-state index contributed by atoms with van der Waals surface area (Å²) in [5, 5.41) is 6.08. The third-order valence-electron chi connectivity index (χ3n) is 4.77. The first-order valence-electron chi connectivity index (χ1n) is 11.0. The third kappa shape index (κ3) is 7.73. The molecule has 3 N–H and O–H groups in total. The first-order chi connectivity index (χ1) is 15.4. The van der Waals surface area contributed by atoms with Crippen LogP contribution in [0.3, 0.4) is 0 Å². The molecule has 0 aromatic heterocycles. The Labute approximate surface area is 197 Å². The standard InChI is InChI=1S/C24H35N3O5S/c1-15(2)27-33(29,30)21-11-9-20(10-12-21)26-24(28)18(6)25-17(5)19-8-13-22(32-16(3)4)23(14-19)31-7/h8-18,25,27H,1-7H3,(H,26,28). The van der Waals surface area contributed by atoms with E-state index in [1.54, 1.807) is 40.0 Å². The van der Waals surface area contributed by atoms with Gasteiger partial charge in [0.25, 0.3) is 0 Å². The molecule has 2 unspecified atom stereocenters. The van der Waals surface area contributed by atoms with E-state index in [0.29, 0.717) is 17.2 Å². The number of methoxy groups -OCH3 is 1. The lowest BCUT2D eigenvalue weighted by molar-refractivity contribution is -0.117. The Kier molecular flexibility index (Phi) is 9.27. The lowest BCUT2D eigenvalue weighted by Crippen LogP contribution is -2.39. The summed E-state index contributed by atoms with van der Waals surface area (Å²) in [5.74, 6) is 1.07. The molecule has 0 aliphatic heterocycles. The zero-order valence-corrected chi connectivity index (χ0v) is 21.1. The van der Waals surface area contributed by atoms with Crippen molar-refractivity contribution < 1.29 is 22.7 Å². The number of nitrogens with one attached hydrogen (secondary N) is 3. The molecule has 2 rings (SSSR count). The van der Waals surface area contributed by atoms with E-state index >= 15 is 0 Å². The molecule has 0 radical (unpaired) electrons. The highest BCUT2D eigenvalue weighted by molar-refractivity contribution is 7.89. The molecule has 9 heteroatoms. The number of carbonyl (C=O) groups excluding carboxylic acids is 1. The van der Waals surface area contributed by atoms with Crippen LogP contribution in [-0.2, 0) is 14.8 Å². The highest BCUT2D eigenvalue weighted by Gasteiger charge is 2.19. The number of amides is 1. The molecule has 33 heavy (non-hydrogen) atoms. The van der Waals surface area contributed by atoms with Crippen LogP contribution in [0.25, 0.3) is 0 Å². The number of ether oxygens (including phenoxy) is 2. The van der Waals surface area contributed by atoms with Crippen LogP contribution in [0.2, 0.25) is 0 Å². The second kappa shape index (κ2) is 11.5. The number of rotatable bonds is 11. The molecule has 0 fully saturated rings. The highest BCUT2D eigenvalue weighted by Crippen LogP contribution is 2.31. The first-order valence-corrected chi connectivity index (χ1v) is 12.4. The van der Waals surface area contributed by atoms with Gasteiger partial charge in [-0.25, -0.2) is 13.1 Å². The Hall–Kier alpha value is -2.62. The van der Waals surface area contributed by atoms with Crippen molar-refractivity contribution in [2.75, 3.05) is 12.4 Å². The van der Waals surface area contributed by atoms with Crippen LogP contribution in [0.15, 0.2) is 47.4 Å². The molecule has 182 valence electrons. The quantitative estimate of drug-likeness (QED) is 0.454. The van der Waals surface area contributed by atoms with E-state index in [0.717, 1.165) is 5.56 Å². The summed E-state index contributed by atoms with van der Waals surface area (Å²) < 4.78 is 38.2. The van der Waals surface area contributed by atoms with Gasteiger partial charge in [-0.3, -0.25) is 10.1 Å². The van der Waals surface area contributed by atoms with Gasteiger partial charge in [0.15, 0.2) is 11.5 Å². The molecule has 8 nitrogen and oxygen atoms in total. The summed E-state index contributed by atoms with van der Waals surface area (Å²) in [6.45, 7) is 11.1. The molecule has 0 aliphatic rings. The van der Waals surface area contributed by atoms with Gasteiger partial charge in [0.2, 0.25) is 15.9 Å². The number of carbonyl (C=O) groups is 1. The van der Waals surface area contributed by atoms with Gasteiger partial charge in [0, 0.05) is 17.8 Å². The number of sulfonamides is 1. The lowest BCUT2D eigenvalue weighted by atomic mass is 10.1. The van der Waals surface area contributed by atoms with Crippen molar-refractivity contribution in [3.8, 4) is 11.5 Å². The van der Waals surface area contributed by atoms with Gasteiger partial charge in [-0.15, -0.1) is 0 Å². The van der Waals surface area contributed by atoms with E-state index in [1.165, 1.54) is 12.1 Å². The van der Waals surface area contributed by atoms with E-state index in [-0.39, 0.29) is 29.0 Å². The molecule has 2 aromatic carbocycles. The topological polar surface area (TPSA) is 106 Å². The van der Waals surface area contributed by atoms with Gasteiger partial charge in [0.1, 0.15) is 0 Å². The average molecular weight is 478 g/mol. The van der Waals surface area contributed by atoms with Crippen molar-refractivity contribution in [1.29, 1.82) is 0 Å². The summed E-state index contributed by atoms with van der Waals surface area (Å²) in [5.41, 5.74) is 1.47. The first kappa shape index (κ1) is 26.6. The minimum atomic E-state index is -3.58. The maximum atomic E-state index is 12.7. The maximum absolute atomic E-state index is 12.7. The SMILES string of the molecule is COc1cc(C(C)NC(C)C(=O)Nc2ccc(S(=O)(=O)NC(C)C)cc2)ccc1OC(C)C. The number of anilines is 1. The predicted octanol–water partition coefficient (Wildman–Crippen LogP) is 3.85. The van der Waals surface area contributed by atoms with Gasteiger partial charge in [-0.05, 0) is 83.5 Å². The normalized spacial score (nSPS) is 13.6. The Balaban J connectivity index is 2.01. The minimum absolute atomic E-state index is 0.0321. The van der Waals surface area contributed by atoms with Crippen molar-refractivity contribution in [2.45, 2.75) is 70.7 Å². The fourth-order valence-corrected chi connectivity index (χ4v) is 4.45. The molecule has 2 atom stereocenters. The monoisotopic (exact) mass is 477 g/mol. The van der Waals surface area contributed by atoms with Crippen LogP contribution in [0, 0.1) is 0 Å². The molecular weight excluding hydrogens is 442 g/mol. The van der Waals surface area contributed by atoms with Crippen molar-refractivity contribution in [3.05, 3.63) is 48.0 Å². The molecule has 0 spiro atoms. The van der Waals surface area contributed by atoms with Crippen molar-refractivity contribution >= 4 is 21.6 Å². The number of hydrogen-bond donors (Lipinski definition) is 3. The summed E-state index contributed by atoms with van der Waals surface area (Å²) in [4.78, 5) is 12.8. The maximum Gasteiger partial charge on any atom is 0.241 e. The zero-order valence-electron chi connectivity index (χ0n) is 20.3. The van der Waals surface area contributed by atoms with Crippen LogP contribution in [-0.4, -0.2) is 39.6 Å². The molecule has 0 heterocycles. The second-order valence-electron chi connectivity index (χ2n) is 8.48. The van der Waals surface area contributed by atoms with Gasteiger partial charge in [-0.2, -0.15) is 0 Å². The number of benzene rings is 2. The fraction of sp³-hybridized carbons (Fsp3) is 0.458.